The lowest BCUT2D eigenvalue weighted by Crippen LogP contribution is -2.39. The lowest BCUT2D eigenvalue weighted by atomic mass is 9.97. The average Bonchev–Trinajstić information content (AvgIpc) is 3.43. The van der Waals surface area contributed by atoms with Crippen LogP contribution in [0.5, 0.6) is 0 Å². The van der Waals surface area contributed by atoms with Crippen LogP contribution in [-0.2, 0) is 6.54 Å². The zero-order valence-electron chi connectivity index (χ0n) is 18.6. The Labute approximate surface area is 188 Å². The van der Waals surface area contributed by atoms with Crippen LogP contribution in [0.2, 0.25) is 0 Å². The van der Waals surface area contributed by atoms with Crippen molar-refractivity contribution in [2.24, 2.45) is 11.5 Å². The van der Waals surface area contributed by atoms with Crippen molar-refractivity contribution in [1.82, 2.24) is 19.5 Å². The number of aromatic nitrogens is 3. The van der Waals surface area contributed by atoms with Gasteiger partial charge in [0.2, 0.25) is 0 Å². The van der Waals surface area contributed by atoms with E-state index in [1.165, 1.54) is 0 Å². The molecule has 2 fully saturated rings. The molecule has 0 spiro atoms. The van der Waals surface area contributed by atoms with Crippen molar-refractivity contribution in [2.45, 2.75) is 51.2 Å². The number of carbonyl (C=O) groups is 1. The van der Waals surface area contributed by atoms with Gasteiger partial charge in [0.15, 0.2) is 5.65 Å². The second-order valence-corrected chi connectivity index (χ2v) is 8.99. The molecule has 0 aliphatic carbocycles. The number of nitrogens with two attached hydrogens (primary N) is 2. The number of carbonyl (C=O) groups excluding carboxylic acids is 1. The third-order valence-electron chi connectivity index (χ3n) is 6.72. The van der Waals surface area contributed by atoms with Crippen LogP contribution in [0.15, 0.2) is 36.5 Å². The molecule has 0 radical (unpaired) electrons. The van der Waals surface area contributed by atoms with Gasteiger partial charge in [0.25, 0.3) is 5.91 Å². The summed E-state index contributed by atoms with van der Waals surface area (Å²) in [6, 6.07) is 9.79. The van der Waals surface area contributed by atoms with E-state index in [1.807, 2.05) is 45.9 Å². The van der Waals surface area contributed by atoms with E-state index in [4.69, 9.17) is 21.5 Å². The Morgan fingerprint density at radius 3 is 2.81 bits per heavy atom. The predicted molar refractivity (Wildman–Crippen MR) is 124 cm³/mol. The van der Waals surface area contributed by atoms with E-state index in [2.05, 4.69) is 11.8 Å². The van der Waals surface area contributed by atoms with Crippen LogP contribution in [0.25, 0.3) is 5.65 Å². The molecule has 4 heterocycles. The van der Waals surface area contributed by atoms with Gasteiger partial charge in [-0.05, 0) is 44.2 Å². The highest BCUT2D eigenvalue weighted by Crippen LogP contribution is 2.33. The van der Waals surface area contributed by atoms with Gasteiger partial charge in [-0.2, -0.15) is 5.10 Å². The molecular formula is C24H31N7O. The second kappa shape index (κ2) is 8.52. The number of aryl methyl sites for hydroxylation is 1. The van der Waals surface area contributed by atoms with Gasteiger partial charge in [-0.3, -0.25) is 4.79 Å². The first kappa shape index (κ1) is 20.9. The molecule has 1 aromatic carbocycles. The van der Waals surface area contributed by atoms with Crippen LogP contribution in [0.1, 0.15) is 58.9 Å². The molecule has 2 aromatic heterocycles. The minimum Gasteiger partial charge on any atom is -0.355 e. The van der Waals surface area contributed by atoms with Crippen molar-refractivity contribution in [2.75, 3.05) is 24.5 Å². The minimum atomic E-state index is -0.0623. The monoisotopic (exact) mass is 433 g/mol. The Morgan fingerprint density at radius 1 is 1.19 bits per heavy atom. The van der Waals surface area contributed by atoms with E-state index in [0.29, 0.717) is 12.1 Å². The first-order chi connectivity index (χ1) is 15.5. The summed E-state index contributed by atoms with van der Waals surface area (Å²) < 4.78 is 1.84. The summed E-state index contributed by atoms with van der Waals surface area (Å²) in [7, 11) is 0. The molecule has 2 saturated heterocycles. The van der Waals surface area contributed by atoms with Gasteiger partial charge in [0, 0.05) is 55.6 Å². The third kappa shape index (κ3) is 3.73. The normalized spacial score (nSPS) is 21.5. The summed E-state index contributed by atoms with van der Waals surface area (Å²) in [5.41, 5.74) is 16.3. The van der Waals surface area contributed by atoms with Crippen LogP contribution >= 0.6 is 0 Å². The highest BCUT2D eigenvalue weighted by Gasteiger charge is 2.32. The maximum absolute atomic E-state index is 13.5. The zero-order chi connectivity index (χ0) is 22.2. The summed E-state index contributed by atoms with van der Waals surface area (Å²) >= 11 is 0. The number of anilines is 1. The number of likely N-dealkylation sites (tertiary alicyclic amines) is 1. The topological polar surface area (TPSA) is 106 Å². The van der Waals surface area contributed by atoms with Crippen LogP contribution < -0.4 is 16.4 Å². The maximum atomic E-state index is 13.5. The van der Waals surface area contributed by atoms with Crippen molar-refractivity contribution in [3.8, 4) is 0 Å². The first-order valence-electron chi connectivity index (χ1n) is 11.5. The lowest BCUT2D eigenvalue weighted by molar-refractivity contribution is 0.0604. The highest BCUT2D eigenvalue weighted by atomic mass is 16.2. The molecule has 0 saturated carbocycles. The van der Waals surface area contributed by atoms with E-state index < -0.39 is 0 Å². The van der Waals surface area contributed by atoms with E-state index in [-0.39, 0.29) is 18.0 Å². The Bertz CT molecular complexity index is 1140. The van der Waals surface area contributed by atoms with Crippen LogP contribution in [0, 0.1) is 6.92 Å². The van der Waals surface area contributed by atoms with Gasteiger partial charge in [-0.15, -0.1) is 0 Å². The molecule has 2 aliphatic heterocycles. The molecule has 168 valence electrons. The SMILES string of the molecule is Cc1cn2nc(C3CCCCN3C(=O)c3ccccc3CN)cc2nc1N1CCC(N)C1. The average molecular weight is 434 g/mol. The molecule has 32 heavy (non-hydrogen) atoms. The van der Waals surface area contributed by atoms with Crippen LogP contribution in [-0.4, -0.2) is 51.1 Å². The third-order valence-corrected chi connectivity index (χ3v) is 6.72. The Hall–Kier alpha value is -2.97. The number of hydrogen-bond donors (Lipinski definition) is 2. The van der Waals surface area contributed by atoms with E-state index in [1.54, 1.807) is 0 Å². The van der Waals surface area contributed by atoms with Gasteiger partial charge >= 0.3 is 0 Å². The lowest BCUT2D eigenvalue weighted by Gasteiger charge is -2.35. The van der Waals surface area contributed by atoms with Gasteiger partial charge < -0.3 is 21.3 Å². The molecule has 3 aromatic rings. The fourth-order valence-corrected chi connectivity index (χ4v) is 5.03. The molecule has 5 rings (SSSR count). The number of hydrogen-bond acceptors (Lipinski definition) is 6. The first-order valence-corrected chi connectivity index (χ1v) is 11.5. The Balaban J connectivity index is 1.48. The molecule has 2 atom stereocenters. The van der Waals surface area contributed by atoms with Gasteiger partial charge in [-0.25, -0.2) is 9.50 Å². The minimum absolute atomic E-state index is 0.0312. The van der Waals surface area contributed by atoms with Crippen molar-refractivity contribution in [3.63, 3.8) is 0 Å². The Kier molecular flexibility index (Phi) is 5.57. The zero-order valence-corrected chi connectivity index (χ0v) is 18.6. The molecule has 4 N–H and O–H groups in total. The van der Waals surface area contributed by atoms with Crippen molar-refractivity contribution in [1.29, 1.82) is 0 Å². The predicted octanol–water partition coefficient (Wildman–Crippen LogP) is 2.40. The summed E-state index contributed by atoms with van der Waals surface area (Å²) in [6.45, 7) is 4.89. The summed E-state index contributed by atoms with van der Waals surface area (Å²) in [5.74, 6) is 1.01. The van der Waals surface area contributed by atoms with Crippen molar-refractivity contribution < 1.29 is 4.79 Å². The number of rotatable bonds is 4. The van der Waals surface area contributed by atoms with Crippen molar-refractivity contribution >= 4 is 17.4 Å². The molecule has 2 aliphatic rings. The molecular weight excluding hydrogens is 402 g/mol. The number of nitrogens with zero attached hydrogens (tertiary/aromatic N) is 5. The van der Waals surface area contributed by atoms with Gasteiger partial charge in [0.05, 0.1) is 11.7 Å². The van der Waals surface area contributed by atoms with Crippen molar-refractivity contribution in [3.05, 3.63) is 58.9 Å². The van der Waals surface area contributed by atoms with E-state index >= 15 is 0 Å². The Morgan fingerprint density at radius 2 is 2.03 bits per heavy atom. The standard InChI is InChI=1S/C24H31N7O/c1-16-14-31-22(27-23(16)29-11-9-18(26)15-29)12-20(28-31)21-8-4-5-10-30(21)24(32)19-7-3-2-6-17(19)13-25/h2-3,6-7,12,14,18,21H,4-5,8-11,13,15,25-26H2,1H3. The van der Waals surface area contributed by atoms with Crippen LogP contribution in [0.3, 0.4) is 0 Å². The summed E-state index contributed by atoms with van der Waals surface area (Å²) in [5, 5.41) is 4.84. The number of fused-ring (bicyclic) bond motifs is 1. The van der Waals surface area contributed by atoms with Gasteiger partial charge in [-0.1, -0.05) is 18.2 Å². The molecule has 1 amide bonds. The quantitative estimate of drug-likeness (QED) is 0.655. The smallest absolute Gasteiger partial charge is 0.254 e. The summed E-state index contributed by atoms with van der Waals surface area (Å²) in [6.07, 6.45) is 5.98. The molecule has 2 unspecified atom stereocenters. The largest absolute Gasteiger partial charge is 0.355 e. The number of piperidine rings is 1. The second-order valence-electron chi connectivity index (χ2n) is 8.99. The van der Waals surface area contributed by atoms with E-state index in [9.17, 15) is 4.79 Å². The fourth-order valence-electron chi connectivity index (χ4n) is 5.03. The molecule has 8 nitrogen and oxygen atoms in total. The van der Waals surface area contributed by atoms with Gasteiger partial charge in [0.1, 0.15) is 5.82 Å². The number of benzene rings is 1. The van der Waals surface area contributed by atoms with Crippen LogP contribution in [0.4, 0.5) is 5.82 Å². The maximum Gasteiger partial charge on any atom is 0.254 e. The fraction of sp³-hybridized carbons (Fsp3) is 0.458. The number of amides is 1. The summed E-state index contributed by atoms with van der Waals surface area (Å²) in [4.78, 5) is 22.6. The molecule has 8 heteroatoms. The highest BCUT2D eigenvalue weighted by molar-refractivity contribution is 5.96. The van der Waals surface area contributed by atoms with E-state index in [0.717, 1.165) is 73.6 Å². The molecule has 0 bridgehead atoms.